The summed E-state index contributed by atoms with van der Waals surface area (Å²) in [5, 5.41) is 10.5. The number of carbonyl (C=O) groups is 1. The van der Waals surface area contributed by atoms with E-state index in [2.05, 4.69) is 32.1 Å². The minimum atomic E-state index is -0.318. The van der Waals surface area contributed by atoms with E-state index in [1.165, 1.54) is 12.4 Å². The van der Waals surface area contributed by atoms with Crippen LogP contribution in [-0.4, -0.2) is 27.3 Å². The van der Waals surface area contributed by atoms with Crippen molar-refractivity contribution in [3.05, 3.63) is 66.9 Å². The van der Waals surface area contributed by atoms with Crippen LogP contribution in [0.3, 0.4) is 0 Å². The summed E-state index contributed by atoms with van der Waals surface area (Å²) < 4.78 is 0. The van der Waals surface area contributed by atoms with Gasteiger partial charge in [0.25, 0.3) is 5.91 Å². The van der Waals surface area contributed by atoms with Crippen molar-refractivity contribution < 1.29 is 4.79 Å². The van der Waals surface area contributed by atoms with E-state index >= 15 is 0 Å². The quantitative estimate of drug-likeness (QED) is 0.617. The van der Waals surface area contributed by atoms with Gasteiger partial charge < -0.3 is 11.1 Å². The molecule has 3 rings (SSSR count). The van der Waals surface area contributed by atoms with Crippen molar-refractivity contribution in [2.75, 3.05) is 5.73 Å². The molecule has 0 radical (unpaired) electrons. The fourth-order valence-electron chi connectivity index (χ4n) is 2.47. The second-order valence-electron chi connectivity index (χ2n) is 5.64. The molecule has 0 saturated carbocycles. The van der Waals surface area contributed by atoms with Crippen molar-refractivity contribution in [3.63, 3.8) is 0 Å². The van der Waals surface area contributed by atoms with Crippen molar-refractivity contribution in [2.24, 2.45) is 4.99 Å². The monoisotopic (exact) mass is 346 g/mol. The van der Waals surface area contributed by atoms with Crippen molar-refractivity contribution in [3.8, 4) is 11.1 Å². The molecule has 1 aromatic carbocycles. The van der Waals surface area contributed by atoms with Crippen LogP contribution in [0.1, 0.15) is 17.4 Å². The van der Waals surface area contributed by atoms with Crippen LogP contribution in [0.4, 0.5) is 5.69 Å². The van der Waals surface area contributed by atoms with Crippen molar-refractivity contribution in [2.45, 2.75) is 6.92 Å². The molecule has 0 atom stereocenters. The fraction of sp³-hybridized carbons (Fsp3) is 0.0526. The number of amides is 1. The van der Waals surface area contributed by atoms with Gasteiger partial charge in [-0.15, -0.1) is 0 Å². The van der Waals surface area contributed by atoms with Crippen molar-refractivity contribution in [1.29, 1.82) is 0 Å². The summed E-state index contributed by atoms with van der Waals surface area (Å²) in [6.45, 7) is 5.29. The van der Waals surface area contributed by atoms with Crippen LogP contribution in [0.2, 0.25) is 0 Å². The lowest BCUT2D eigenvalue weighted by molar-refractivity contribution is 0.0962. The van der Waals surface area contributed by atoms with Crippen LogP contribution in [0, 0.1) is 0 Å². The largest absolute Gasteiger partial charge is 0.397 e. The molecule has 0 fully saturated rings. The second-order valence-corrected chi connectivity index (χ2v) is 5.64. The average Bonchev–Trinajstić information content (AvgIpc) is 3.05. The third-order valence-electron chi connectivity index (χ3n) is 3.64. The molecular weight excluding hydrogens is 328 g/mol. The summed E-state index contributed by atoms with van der Waals surface area (Å²) >= 11 is 0. The van der Waals surface area contributed by atoms with E-state index in [4.69, 9.17) is 5.73 Å². The Labute approximate surface area is 150 Å². The number of fused-ring (bicyclic) bond motifs is 1. The van der Waals surface area contributed by atoms with Gasteiger partial charge in [-0.05, 0) is 30.7 Å². The maximum Gasteiger partial charge on any atom is 0.276 e. The number of allylic oxidation sites excluding steroid dienone is 2. The van der Waals surface area contributed by atoms with Crippen LogP contribution >= 0.6 is 0 Å². The number of benzene rings is 1. The number of anilines is 1. The van der Waals surface area contributed by atoms with E-state index in [0.717, 1.165) is 16.6 Å². The fourth-order valence-corrected chi connectivity index (χ4v) is 2.47. The Kier molecular flexibility index (Phi) is 4.89. The van der Waals surface area contributed by atoms with Crippen molar-refractivity contribution >= 4 is 28.7 Å². The maximum atomic E-state index is 12.5. The summed E-state index contributed by atoms with van der Waals surface area (Å²) in [6.07, 6.45) is 7.94. The van der Waals surface area contributed by atoms with Crippen LogP contribution in [-0.2, 0) is 0 Å². The number of nitrogens with one attached hydrogen (secondary N) is 2. The van der Waals surface area contributed by atoms with Crippen LogP contribution in [0.15, 0.2) is 66.2 Å². The number of hydrogen-bond acceptors (Lipinski definition) is 5. The Balaban J connectivity index is 1.93. The highest BCUT2D eigenvalue weighted by Gasteiger charge is 2.15. The van der Waals surface area contributed by atoms with E-state index in [1.807, 2.05) is 24.3 Å². The molecular formula is C19H18N6O. The molecule has 0 aliphatic rings. The van der Waals surface area contributed by atoms with Crippen LogP contribution in [0.25, 0.3) is 22.0 Å². The van der Waals surface area contributed by atoms with Gasteiger partial charge in [0.15, 0.2) is 5.69 Å². The molecule has 0 aliphatic carbocycles. The highest BCUT2D eigenvalue weighted by molar-refractivity contribution is 6.06. The average molecular weight is 346 g/mol. The Morgan fingerprint density at radius 3 is 2.92 bits per heavy atom. The summed E-state index contributed by atoms with van der Waals surface area (Å²) in [5.74, 6) is -0.318. The molecule has 3 aromatic rings. The smallest absolute Gasteiger partial charge is 0.276 e. The number of nitrogens with two attached hydrogens (primary N) is 1. The number of pyridine rings is 1. The highest BCUT2D eigenvalue weighted by atomic mass is 16.1. The van der Waals surface area contributed by atoms with E-state index in [1.54, 1.807) is 25.4 Å². The standard InChI is InChI=1S/C19H18N6O/c1-3-6-21-9-12(2)23-19(26)18-16-8-13(4-5-17(16)24-25-18)14-7-15(20)11-22-10-14/h3-11H,1,20H2,2H3,(H,23,26)(H,24,25)/b12-9+,21-6-. The number of rotatable bonds is 5. The zero-order valence-corrected chi connectivity index (χ0v) is 14.2. The zero-order chi connectivity index (χ0) is 18.5. The summed E-state index contributed by atoms with van der Waals surface area (Å²) in [6, 6.07) is 7.51. The lowest BCUT2D eigenvalue weighted by atomic mass is 10.0. The molecule has 1 amide bonds. The van der Waals surface area contributed by atoms with E-state index in [9.17, 15) is 4.79 Å². The van der Waals surface area contributed by atoms with Gasteiger partial charge in [-0.25, -0.2) is 0 Å². The minimum absolute atomic E-state index is 0.305. The second kappa shape index (κ2) is 7.43. The molecule has 0 bridgehead atoms. The normalized spacial score (nSPS) is 11.8. The Morgan fingerprint density at radius 1 is 1.31 bits per heavy atom. The molecule has 0 spiro atoms. The SMILES string of the molecule is C=C/C=N\C=C(/C)NC(=O)c1n[nH]c2ccc(-c3cncc(N)c3)cc12. The van der Waals surface area contributed by atoms with Crippen LogP contribution in [0.5, 0.6) is 0 Å². The first-order chi connectivity index (χ1) is 12.6. The minimum Gasteiger partial charge on any atom is -0.397 e. The Hall–Kier alpha value is -3.74. The lowest BCUT2D eigenvalue weighted by Gasteiger charge is -2.04. The van der Waals surface area contributed by atoms with Gasteiger partial charge >= 0.3 is 0 Å². The van der Waals surface area contributed by atoms with Gasteiger partial charge in [0.1, 0.15) is 0 Å². The molecule has 26 heavy (non-hydrogen) atoms. The van der Waals surface area contributed by atoms with Gasteiger partial charge in [-0.2, -0.15) is 5.10 Å². The number of aromatic nitrogens is 3. The van der Waals surface area contributed by atoms with Gasteiger partial charge in [0, 0.05) is 41.5 Å². The molecule has 0 unspecified atom stereocenters. The lowest BCUT2D eigenvalue weighted by Crippen LogP contribution is -2.21. The molecule has 2 heterocycles. The molecule has 4 N–H and O–H groups in total. The van der Waals surface area contributed by atoms with E-state index in [0.29, 0.717) is 22.5 Å². The number of H-pyrrole nitrogens is 1. The number of nitrogen functional groups attached to an aromatic ring is 1. The first-order valence-electron chi connectivity index (χ1n) is 7.90. The molecule has 130 valence electrons. The van der Waals surface area contributed by atoms with Crippen molar-refractivity contribution in [1.82, 2.24) is 20.5 Å². The summed E-state index contributed by atoms with van der Waals surface area (Å²) in [4.78, 5) is 20.6. The molecule has 7 nitrogen and oxygen atoms in total. The van der Waals surface area contributed by atoms with Gasteiger partial charge in [0.05, 0.1) is 11.2 Å². The predicted octanol–water partition coefficient (Wildman–Crippen LogP) is 3.06. The maximum absolute atomic E-state index is 12.5. The number of hydrogen-bond donors (Lipinski definition) is 3. The first-order valence-corrected chi connectivity index (χ1v) is 7.90. The van der Waals surface area contributed by atoms with Gasteiger partial charge in [-0.1, -0.05) is 18.7 Å². The van der Waals surface area contributed by atoms with Crippen LogP contribution < -0.4 is 11.1 Å². The zero-order valence-electron chi connectivity index (χ0n) is 14.2. The van der Waals surface area contributed by atoms with E-state index in [-0.39, 0.29) is 5.91 Å². The third-order valence-corrected chi connectivity index (χ3v) is 3.64. The predicted molar refractivity (Wildman–Crippen MR) is 104 cm³/mol. The third kappa shape index (κ3) is 3.67. The highest BCUT2D eigenvalue weighted by Crippen LogP contribution is 2.26. The Bertz CT molecular complexity index is 1030. The molecule has 0 saturated heterocycles. The molecule has 2 aromatic heterocycles. The number of aliphatic imine (C=N–C) groups is 1. The first kappa shape index (κ1) is 17.1. The summed E-state index contributed by atoms with van der Waals surface area (Å²) in [5.41, 5.74) is 9.82. The molecule has 7 heteroatoms. The Morgan fingerprint density at radius 2 is 2.15 bits per heavy atom. The summed E-state index contributed by atoms with van der Waals surface area (Å²) in [7, 11) is 0. The van der Waals surface area contributed by atoms with Gasteiger partial charge in [0.2, 0.25) is 0 Å². The number of nitrogens with zero attached hydrogens (tertiary/aromatic N) is 3. The van der Waals surface area contributed by atoms with E-state index < -0.39 is 0 Å². The molecule has 0 aliphatic heterocycles. The van der Waals surface area contributed by atoms with Gasteiger partial charge in [-0.3, -0.25) is 19.9 Å². The topological polar surface area (TPSA) is 109 Å². The number of carbonyl (C=O) groups excluding carboxylic acids is 1. The number of aromatic amines is 1.